The molecule has 2 fully saturated rings. The fourth-order valence-electron chi connectivity index (χ4n) is 4.43. The quantitative estimate of drug-likeness (QED) is 0.424. The summed E-state index contributed by atoms with van der Waals surface area (Å²) >= 11 is 0. The van der Waals surface area contributed by atoms with E-state index in [-0.39, 0.29) is 17.9 Å². The van der Waals surface area contributed by atoms with E-state index in [9.17, 15) is 9.59 Å². The van der Waals surface area contributed by atoms with Crippen molar-refractivity contribution in [3.05, 3.63) is 29.8 Å². The van der Waals surface area contributed by atoms with Crippen LogP contribution in [0.15, 0.2) is 29.3 Å². The minimum absolute atomic E-state index is 0.0383. The van der Waals surface area contributed by atoms with Gasteiger partial charge in [-0.2, -0.15) is 0 Å². The van der Waals surface area contributed by atoms with Gasteiger partial charge in [0.2, 0.25) is 11.8 Å². The highest BCUT2D eigenvalue weighted by molar-refractivity contribution is 5.92. The number of guanidine groups is 1. The summed E-state index contributed by atoms with van der Waals surface area (Å²) in [5.74, 6) is 1.29. The van der Waals surface area contributed by atoms with Crippen LogP contribution in [0.5, 0.6) is 0 Å². The highest BCUT2D eigenvalue weighted by Gasteiger charge is 2.32. The van der Waals surface area contributed by atoms with Crippen LogP contribution in [-0.2, 0) is 16.1 Å². The van der Waals surface area contributed by atoms with Crippen LogP contribution >= 0.6 is 0 Å². The first kappa shape index (κ1) is 24.0. The fraction of sp³-hybridized carbons (Fsp3) is 0.625. The van der Waals surface area contributed by atoms with E-state index >= 15 is 0 Å². The largest absolute Gasteiger partial charge is 0.357 e. The zero-order chi connectivity index (χ0) is 22.9. The number of aliphatic imine (C=N–C) groups is 1. The highest BCUT2D eigenvalue weighted by atomic mass is 16.2. The van der Waals surface area contributed by atoms with E-state index in [4.69, 9.17) is 4.99 Å². The summed E-state index contributed by atoms with van der Waals surface area (Å²) in [5, 5.41) is 9.73. The van der Waals surface area contributed by atoms with E-state index in [0.717, 1.165) is 56.1 Å². The van der Waals surface area contributed by atoms with Crippen molar-refractivity contribution in [3.63, 3.8) is 0 Å². The number of carbonyl (C=O) groups excluding carboxylic acids is 2. The van der Waals surface area contributed by atoms with Crippen LogP contribution in [0.3, 0.4) is 0 Å². The molecule has 0 spiro atoms. The highest BCUT2D eigenvalue weighted by Crippen LogP contribution is 2.27. The second-order valence-corrected chi connectivity index (χ2v) is 9.08. The van der Waals surface area contributed by atoms with Gasteiger partial charge in [-0.3, -0.25) is 9.59 Å². The number of nitrogens with one attached hydrogen (secondary N) is 3. The molecule has 0 aromatic heterocycles. The van der Waals surface area contributed by atoms with Crippen LogP contribution in [0.2, 0.25) is 0 Å². The van der Waals surface area contributed by atoms with Gasteiger partial charge >= 0.3 is 0 Å². The molecule has 8 nitrogen and oxygen atoms in total. The van der Waals surface area contributed by atoms with E-state index in [1.807, 2.05) is 55.1 Å². The Labute approximate surface area is 191 Å². The monoisotopic (exact) mass is 442 g/mol. The lowest BCUT2D eigenvalue weighted by Gasteiger charge is -2.21. The molecule has 1 unspecified atom stereocenters. The Morgan fingerprint density at radius 2 is 1.97 bits per heavy atom. The Morgan fingerprint density at radius 1 is 1.19 bits per heavy atom. The fourth-order valence-corrected chi connectivity index (χ4v) is 4.43. The second-order valence-electron chi connectivity index (χ2n) is 9.08. The average Bonchev–Trinajstić information content (AvgIpc) is 3.44. The predicted octanol–water partition coefficient (Wildman–Crippen LogP) is 2.03. The van der Waals surface area contributed by atoms with Gasteiger partial charge in [0, 0.05) is 37.3 Å². The van der Waals surface area contributed by atoms with Crippen LogP contribution in [0.25, 0.3) is 0 Å². The van der Waals surface area contributed by atoms with Crippen molar-refractivity contribution >= 4 is 23.5 Å². The van der Waals surface area contributed by atoms with Gasteiger partial charge in [0.1, 0.15) is 0 Å². The lowest BCUT2D eigenvalue weighted by Crippen LogP contribution is -2.45. The molecule has 176 valence electrons. The van der Waals surface area contributed by atoms with Crippen molar-refractivity contribution in [3.8, 4) is 0 Å². The number of nitrogens with zero attached hydrogens (tertiary/aromatic N) is 3. The van der Waals surface area contributed by atoms with Gasteiger partial charge in [-0.25, -0.2) is 4.99 Å². The number of hydrogen-bond acceptors (Lipinski definition) is 4. The van der Waals surface area contributed by atoms with Crippen molar-refractivity contribution in [1.29, 1.82) is 0 Å². The standard InChI is InChI=1S/C24H38N6O2/c1-4-25-24(28-21-12-13-30(16-21)23(32)19-9-5-6-10-19)26-15-18-8-7-11-20(14-18)27-22(31)17-29(2)3/h7-8,11,14,19,21H,4-6,9-10,12-13,15-17H2,1-3H3,(H,27,31)(H2,25,26,28). The van der Waals surface area contributed by atoms with Crippen molar-refractivity contribution in [2.45, 2.75) is 51.6 Å². The third-order valence-electron chi connectivity index (χ3n) is 5.98. The Hall–Kier alpha value is -2.61. The third kappa shape index (κ3) is 7.22. The molecule has 32 heavy (non-hydrogen) atoms. The molecule has 1 saturated carbocycles. The van der Waals surface area contributed by atoms with Crippen LogP contribution in [-0.4, -0.2) is 73.9 Å². The first-order valence-corrected chi connectivity index (χ1v) is 11.8. The first-order chi connectivity index (χ1) is 15.4. The summed E-state index contributed by atoms with van der Waals surface area (Å²) in [6, 6.07) is 8.00. The number of hydrogen-bond donors (Lipinski definition) is 3. The third-order valence-corrected chi connectivity index (χ3v) is 5.98. The van der Waals surface area contributed by atoms with Crippen LogP contribution in [0.1, 0.15) is 44.6 Å². The van der Waals surface area contributed by atoms with Gasteiger partial charge in [-0.05, 0) is 58.0 Å². The zero-order valence-corrected chi connectivity index (χ0v) is 19.7. The average molecular weight is 443 g/mol. The molecule has 1 aromatic rings. The number of carbonyl (C=O) groups is 2. The SMILES string of the molecule is CCNC(=NCc1cccc(NC(=O)CN(C)C)c1)NC1CCN(C(=O)C2CCCC2)C1. The van der Waals surface area contributed by atoms with Crippen molar-refractivity contribution < 1.29 is 9.59 Å². The molecule has 3 rings (SSSR count). The van der Waals surface area contributed by atoms with Crippen molar-refractivity contribution in [1.82, 2.24) is 20.4 Å². The van der Waals surface area contributed by atoms with Crippen LogP contribution < -0.4 is 16.0 Å². The smallest absolute Gasteiger partial charge is 0.238 e. The maximum Gasteiger partial charge on any atom is 0.238 e. The number of likely N-dealkylation sites (tertiary alicyclic amines) is 1. The molecule has 2 amide bonds. The van der Waals surface area contributed by atoms with Gasteiger partial charge < -0.3 is 25.8 Å². The van der Waals surface area contributed by atoms with Crippen molar-refractivity contribution in [2.24, 2.45) is 10.9 Å². The van der Waals surface area contributed by atoms with Crippen LogP contribution in [0, 0.1) is 5.92 Å². The molecule has 8 heteroatoms. The van der Waals surface area contributed by atoms with E-state index in [1.165, 1.54) is 12.8 Å². The Balaban J connectivity index is 1.54. The van der Waals surface area contributed by atoms with Gasteiger partial charge in [-0.1, -0.05) is 25.0 Å². The Bertz CT molecular complexity index is 803. The van der Waals surface area contributed by atoms with E-state index in [1.54, 1.807) is 0 Å². The molecule has 3 N–H and O–H groups in total. The molecular weight excluding hydrogens is 404 g/mol. The van der Waals surface area contributed by atoms with Crippen LogP contribution in [0.4, 0.5) is 5.69 Å². The van der Waals surface area contributed by atoms with Gasteiger partial charge in [0.05, 0.1) is 13.1 Å². The number of amides is 2. The number of anilines is 1. The molecule has 0 bridgehead atoms. The zero-order valence-electron chi connectivity index (χ0n) is 19.7. The molecule has 1 heterocycles. The van der Waals surface area contributed by atoms with Gasteiger partial charge in [0.15, 0.2) is 5.96 Å². The lowest BCUT2D eigenvalue weighted by atomic mass is 10.1. The molecule has 1 aliphatic carbocycles. The maximum atomic E-state index is 12.7. The molecule has 0 radical (unpaired) electrons. The number of rotatable bonds is 8. The summed E-state index contributed by atoms with van der Waals surface area (Å²) in [7, 11) is 3.74. The minimum Gasteiger partial charge on any atom is -0.357 e. The molecule has 2 aliphatic rings. The normalized spacial score (nSPS) is 19.4. The maximum absolute atomic E-state index is 12.7. The topological polar surface area (TPSA) is 89.1 Å². The Morgan fingerprint density at radius 3 is 2.69 bits per heavy atom. The second kappa shape index (κ2) is 11.9. The van der Waals surface area contributed by atoms with E-state index in [0.29, 0.717) is 19.0 Å². The molecule has 1 saturated heterocycles. The molecule has 1 aliphatic heterocycles. The predicted molar refractivity (Wildman–Crippen MR) is 129 cm³/mol. The summed E-state index contributed by atoms with van der Waals surface area (Å²) < 4.78 is 0. The molecule has 1 atom stereocenters. The number of likely N-dealkylation sites (N-methyl/N-ethyl adjacent to an activating group) is 1. The van der Waals surface area contributed by atoms with Crippen molar-refractivity contribution in [2.75, 3.05) is 45.6 Å². The van der Waals surface area contributed by atoms with Gasteiger partial charge in [0.25, 0.3) is 0 Å². The molecule has 1 aromatic carbocycles. The summed E-state index contributed by atoms with van der Waals surface area (Å²) in [6.45, 7) is 5.23. The first-order valence-electron chi connectivity index (χ1n) is 11.8. The minimum atomic E-state index is -0.0383. The lowest BCUT2D eigenvalue weighted by molar-refractivity contribution is -0.134. The van der Waals surface area contributed by atoms with E-state index in [2.05, 4.69) is 16.0 Å². The summed E-state index contributed by atoms with van der Waals surface area (Å²) in [6.07, 6.45) is 5.40. The van der Waals surface area contributed by atoms with E-state index < -0.39 is 0 Å². The summed E-state index contributed by atoms with van der Waals surface area (Å²) in [4.78, 5) is 33.3. The molecular formula is C24H38N6O2. The number of benzene rings is 1. The Kier molecular flexibility index (Phi) is 8.90. The van der Waals surface area contributed by atoms with Gasteiger partial charge in [-0.15, -0.1) is 0 Å². The summed E-state index contributed by atoms with van der Waals surface area (Å²) in [5.41, 5.74) is 1.80.